The maximum absolute atomic E-state index is 11.6. The number of rotatable bonds is 7. The molecule has 90 valence electrons. The molecule has 0 aromatic carbocycles. The van der Waals surface area contributed by atoms with Gasteiger partial charge in [0.2, 0.25) is 0 Å². The summed E-state index contributed by atoms with van der Waals surface area (Å²) in [4.78, 5) is 11.6. The second-order valence-electron chi connectivity index (χ2n) is 4.88. The van der Waals surface area contributed by atoms with Crippen LogP contribution in [-0.2, 0) is 9.53 Å². The average molecular weight is 214 g/mol. The largest absolute Gasteiger partial charge is 0.462 e. The van der Waals surface area contributed by atoms with Crippen LogP contribution in [0.3, 0.4) is 0 Å². The van der Waals surface area contributed by atoms with E-state index < -0.39 is 0 Å². The molecule has 0 saturated heterocycles. The predicted molar refractivity (Wildman–Crippen MR) is 63.7 cm³/mol. The van der Waals surface area contributed by atoms with Crippen molar-refractivity contribution < 1.29 is 9.53 Å². The van der Waals surface area contributed by atoms with Gasteiger partial charge in [0, 0.05) is 0 Å². The maximum Gasteiger partial charge on any atom is 0.308 e. The van der Waals surface area contributed by atoms with E-state index in [0.29, 0.717) is 0 Å². The molecule has 0 rings (SSSR count). The lowest BCUT2D eigenvalue weighted by atomic mass is 10.00. The second kappa shape index (κ2) is 7.72. The minimum absolute atomic E-state index is 0.0342. The number of hydrogen-bond donors (Lipinski definition) is 0. The molecule has 0 aliphatic rings. The molecule has 0 N–H and O–H groups in total. The van der Waals surface area contributed by atoms with Gasteiger partial charge in [-0.05, 0) is 25.7 Å². The van der Waals surface area contributed by atoms with E-state index in [0.717, 1.165) is 25.2 Å². The fourth-order valence-electron chi connectivity index (χ4n) is 1.35. The predicted octanol–water partition coefficient (Wildman–Crippen LogP) is 3.79. The fraction of sp³-hybridized carbons (Fsp3) is 0.923. The summed E-state index contributed by atoms with van der Waals surface area (Å²) < 4.78 is 5.28. The third-order valence-electron chi connectivity index (χ3n) is 2.71. The Bertz CT molecular complexity index is 175. The molecule has 2 heteroatoms. The molecule has 0 aromatic heterocycles. The number of hydrogen-bond acceptors (Lipinski definition) is 2. The van der Waals surface area contributed by atoms with Gasteiger partial charge in [0.1, 0.15) is 0 Å². The van der Waals surface area contributed by atoms with Crippen molar-refractivity contribution in [2.45, 2.75) is 66.4 Å². The zero-order valence-corrected chi connectivity index (χ0v) is 10.9. The fourth-order valence-corrected chi connectivity index (χ4v) is 1.35. The average Bonchev–Trinajstić information content (AvgIpc) is 2.16. The van der Waals surface area contributed by atoms with Gasteiger partial charge >= 0.3 is 5.97 Å². The lowest BCUT2D eigenvalue weighted by Crippen LogP contribution is -2.20. The summed E-state index contributed by atoms with van der Waals surface area (Å²) >= 11 is 0. The first-order valence-corrected chi connectivity index (χ1v) is 6.17. The molecule has 0 aliphatic carbocycles. The number of carbonyl (C=O) groups is 1. The monoisotopic (exact) mass is 214 g/mol. The highest BCUT2D eigenvalue weighted by molar-refractivity contribution is 5.72. The van der Waals surface area contributed by atoms with E-state index in [1.165, 1.54) is 6.42 Å². The Hall–Kier alpha value is -0.530. The molecule has 0 aromatic rings. The van der Waals surface area contributed by atoms with Crippen molar-refractivity contribution in [3.05, 3.63) is 0 Å². The lowest BCUT2D eigenvalue weighted by molar-refractivity contribution is -0.153. The quantitative estimate of drug-likeness (QED) is 0.603. The summed E-state index contributed by atoms with van der Waals surface area (Å²) in [5, 5.41) is 0. The molecule has 0 bridgehead atoms. The summed E-state index contributed by atoms with van der Waals surface area (Å²) in [6, 6.07) is 0. The third kappa shape index (κ3) is 7.40. The van der Waals surface area contributed by atoms with Crippen molar-refractivity contribution in [1.82, 2.24) is 0 Å². The van der Waals surface area contributed by atoms with Crippen molar-refractivity contribution in [1.29, 1.82) is 0 Å². The SMILES string of the molecule is CCC(C)OC(=O)C(C)CCCC(C)C. The van der Waals surface area contributed by atoms with E-state index in [9.17, 15) is 4.79 Å². The zero-order valence-electron chi connectivity index (χ0n) is 10.9. The molecular weight excluding hydrogens is 188 g/mol. The smallest absolute Gasteiger partial charge is 0.308 e. The van der Waals surface area contributed by atoms with Crippen LogP contribution < -0.4 is 0 Å². The van der Waals surface area contributed by atoms with Gasteiger partial charge in [-0.25, -0.2) is 0 Å². The van der Waals surface area contributed by atoms with Crippen LogP contribution in [0.2, 0.25) is 0 Å². The van der Waals surface area contributed by atoms with Crippen molar-refractivity contribution in [2.24, 2.45) is 11.8 Å². The van der Waals surface area contributed by atoms with E-state index in [-0.39, 0.29) is 18.0 Å². The van der Waals surface area contributed by atoms with Crippen LogP contribution in [0.25, 0.3) is 0 Å². The lowest BCUT2D eigenvalue weighted by Gasteiger charge is -2.15. The molecular formula is C13H26O2. The normalized spacial score (nSPS) is 15.1. The van der Waals surface area contributed by atoms with Gasteiger partial charge in [0.25, 0.3) is 0 Å². The second-order valence-corrected chi connectivity index (χ2v) is 4.88. The zero-order chi connectivity index (χ0) is 11.8. The molecule has 0 aliphatic heterocycles. The number of esters is 1. The molecule has 2 nitrogen and oxygen atoms in total. The minimum Gasteiger partial charge on any atom is -0.462 e. The summed E-state index contributed by atoms with van der Waals surface area (Å²) in [5.41, 5.74) is 0. The van der Waals surface area contributed by atoms with Gasteiger partial charge in [-0.1, -0.05) is 40.5 Å². The van der Waals surface area contributed by atoms with Crippen molar-refractivity contribution in [3.8, 4) is 0 Å². The first kappa shape index (κ1) is 14.5. The highest BCUT2D eigenvalue weighted by Crippen LogP contribution is 2.14. The van der Waals surface area contributed by atoms with E-state index in [1.807, 2.05) is 20.8 Å². The number of carbonyl (C=O) groups excluding carboxylic acids is 1. The van der Waals surface area contributed by atoms with Gasteiger partial charge in [0.15, 0.2) is 0 Å². The Morgan fingerprint density at radius 3 is 2.20 bits per heavy atom. The van der Waals surface area contributed by atoms with Gasteiger partial charge in [-0.15, -0.1) is 0 Å². The molecule has 0 spiro atoms. The highest BCUT2D eigenvalue weighted by Gasteiger charge is 2.16. The molecule has 0 heterocycles. The van der Waals surface area contributed by atoms with Gasteiger partial charge < -0.3 is 4.74 Å². The molecule has 0 saturated carbocycles. The van der Waals surface area contributed by atoms with Crippen LogP contribution in [0.5, 0.6) is 0 Å². The first-order valence-electron chi connectivity index (χ1n) is 6.17. The summed E-state index contributed by atoms with van der Waals surface area (Å²) in [7, 11) is 0. The van der Waals surface area contributed by atoms with Crippen LogP contribution in [-0.4, -0.2) is 12.1 Å². The highest BCUT2D eigenvalue weighted by atomic mass is 16.5. The van der Waals surface area contributed by atoms with Gasteiger partial charge in [-0.3, -0.25) is 4.79 Å². The summed E-state index contributed by atoms with van der Waals surface area (Å²) in [6.45, 7) is 10.4. The standard InChI is InChI=1S/C13H26O2/c1-6-12(5)15-13(14)11(4)9-7-8-10(2)3/h10-12H,6-9H2,1-5H3. The summed E-state index contributed by atoms with van der Waals surface area (Å²) in [5.74, 6) is 0.744. The number of ether oxygens (including phenoxy) is 1. The Kier molecular flexibility index (Phi) is 7.45. The molecule has 0 radical (unpaired) electrons. The molecule has 2 atom stereocenters. The van der Waals surface area contributed by atoms with E-state index in [4.69, 9.17) is 4.74 Å². The van der Waals surface area contributed by atoms with E-state index in [2.05, 4.69) is 13.8 Å². The summed E-state index contributed by atoms with van der Waals surface area (Å²) in [6.07, 6.45) is 4.22. The van der Waals surface area contributed by atoms with Crippen LogP contribution in [0.1, 0.15) is 60.3 Å². The van der Waals surface area contributed by atoms with Crippen LogP contribution in [0.4, 0.5) is 0 Å². The van der Waals surface area contributed by atoms with E-state index >= 15 is 0 Å². The van der Waals surface area contributed by atoms with Crippen LogP contribution in [0.15, 0.2) is 0 Å². The Morgan fingerprint density at radius 2 is 1.73 bits per heavy atom. The van der Waals surface area contributed by atoms with Crippen LogP contribution in [0, 0.1) is 11.8 Å². The molecule has 15 heavy (non-hydrogen) atoms. The van der Waals surface area contributed by atoms with Crippen molar-refractivity contribution >= 4 is 5.97 Å². The van der Waals surface area contributed by atoms with E-state index in [1.54, 1.807) is 0 Å². The Morgan fingerprint density at radius 1 is 1.13 bits per heavy atom. The van der Waals surface area contributed by atoms with Crippen LogP contribution >= 0.6 is 0 Å². The molecule has 0 amide bonds. The molecule has 0 fully saturated rings. The van der Waals surface area contributed by atoms with Gasteiger partial charge in [0.05, 0.1) is 12.0 Å². The Balaban J connectivity index is 3.69. The maximum atomic E-state index is 11.6. The first-order chi connectivity index (χ1) is 6.97. The molecule has 2 unspecified atom stereocenters. The van der Waals surface area contributed by atoms with Crippen molar-refractivity contribution in [3.63, 3.8) is 0 Å². The Labute approximate surface area is 94.4 Å². The van der Waals surface area contributed by atoms with Crippen molar-refractivity contribution in [2.75, 3.05) is 0 Å². The topological polar surface area (TPSA) is 26.3 Å². The van der Waals surface area contributed by atoms with Gasteiger partial charge in [-0.2, -0.15) is 0 Å². The third-order valence-corrected chi connectivity index (χ3v) is 2.71. The minimum atomic E-state index is -0.0342.